The summed E-state index contributed by atoms with van der Waals surface area (Å²) in [6.07, 6.45) is 0. The van der Waals surface area contributed by atoms with Gasteiger partial charge in [-0.1, -0.05) is 133 Å². The maximum atomic E-state index is 13.6. The van der Waals surface area contributed by atoms with E-state index in [1.165, 1.54) is 27.2 Å². The number of hydrogen-bond acceptors (Lipinski definition) is 4. The lowest BCUT2D eigenvalue weighted by atomic mass is 9.75. The molecule has 1 saturated heterocycles. The lowest BCUT2D eigenvalue weighted by Crippen LogP contribution is -2.62. The quantitative estimate of drug-likeness (QED) is 0.157. The number of piperazine rings is 1. The van der Waals surface area contributed by atoms with Gasteiger partial charge in [-0.05, 0) is 34.4 Å². The van der Waals surface area contributed by atoms with Crippen LogP contribution in [0, 0.1) is 0 Å². The van der Waals surface area contributed by atoms with Crippen molar-refractivity contribution >= 4 is 11.8 Å². The third-order valence-electron chi connectivity index (χ3n) is 9.15. The number of nitrogens with zero attached hydrogens (tertiary/aromatic N) is 3. The van der Waals surface area contributed by atoms with Crippen molar-refractivity contribution in [2.75, 3.05) is 26.2 Å². The van der Waals surface area contributed by atoms with Gasteiger partial charge in [0.2, 0.25) is 0 Å². The molecule has 0 aromatic heterocycles. The van der Waals surface area contributed by atoms with Crippen LogP contribution in [0.1, 0.15) is 43.0 Å². The monoisotopic (exact) mass is 577 g/mol. The summed E-state index contributed by atoms with van der Waals surface area (Å²) in [6.45, 7) is 3.34. The SMILES string of the molecule is O=C1c2ccccc2C(=O)N1CC1CN(C(c2ccccc2)(c2ccccc2)c2ccccc2)CCN1Cc1ccccc1. The highest BCUT2D eigenvalue weighted by atomic mass is 16.2. The first-order chi connectivity index (χ1) is 21.7. The Labute approximate surface area is 259 Å². The van der Waals surface area contributed by atoms with Crippen LogP contribution < -0.4 is 0 Å². The summed E-state index contributed by atoms with van der Waals surface area (Å²) in [5.74, 6) is -0.411. The maximum absolute atomic E-state index is 13.6. The highest BCUT2D eigenvalue weighted by Crippen LogP contribution is 2.43. The molecule has 0 aliphatic carbocycles. The Morgan fingerprint density at radius 1 is 0.545 bits per heavy atom. The molecule has 2 amide bonds. The van der Waals surface area contributed by atoms with Crippen LogP contribution in [-0.2, 0) is 12.1 Å². The smallest absolute Gasteiger partial charge is 0.261 e. The van der Waals surface area contributed by atoms with Gasteiger partial charge in [-0.3, -0.25) is 24.3 Å². The zero-order chi connectivity index (χ0) is 29.9. The van der Waals surface area contributed by atoms with Gasteiger partial charge in [0.15, 0.2) is 0 Å². The molecule has 1 atom stereocenters. The molecule has 5 aromatic rings. The highest BCUT2D eigenvalue weighted by Gasteiger charge is 2.46. The Hall–Kier alpha value is -4.84. The van der Waals surface area contributed by atoms with Crippen LogP contribution in [0.2, 0.25) is 0 Å². The molecule has 0 saturated carbocycles. The lowest BCUT2D eigenvalue weighted by molar-refractivity contribution is 0.0122. The molecule has 0 bridgehead atoms. The van der Waals surface area contributed by atoms with Crippen LogP contribution >= 0.6 is 0 Å². The van der Waals surface area contributed by atoms with E-state index in [1.54, 1.807) is 12.1 Å². The van der Waals surface area contributed by atoms with Crippen molar-refractivity contribution in [3.63, 3.8) is 0 Å². The zero-order valence-electron chi connectivity index (χ0n) is 24.6. The molecule has 0 N–H and O–H groups in total. The van der Waals surface area contributed by atoms with Crippen molar-refractivity contribution in [1.82, 2.24) is 14.7 Å². The fourth-order valence-corrected chi connectivity index (χ4v) is 7.10. The van der Waals surface area contributed by atoms with Gasteiger partial charge in [0, 0.05) is 38.8 Å². The van der Waals surface area contributed by atoms with Crippen LogP contribution in [-0.4, -0.2) is 58.7 Å². The van der Waals surface area contributed by atoms with Gasteiger partial charge < -0.3 is 0 Å². The van der Waals surface area contributed by atoms with Crippen molar-refractivity contribution in [3.8, 4) is 0 Å². The maximum Gasteiger partial charge on any atom is 0.261 e. The van der Waals surface area contributed by atoms with Gasteiger partial charge in [-0.25, -0.2) is 0 Å². The Kier molecular flexibility index (Phi) is 7.65. The first-order valence-electron chi connectivity index (χ1n) is 15.3. The molecular weight excluding hydrogens is 542 g/mol. The summed E-state index contributed by atoms with van der Waals surface area (Å²) < 4.78 is 0. The Balaban J connectivity index is 1.32. The number of imide groups is 1. The molecule has 2 heterocycles. The minimum absolute atomic E-state index is 0.0818. The standard InChI is InChI=1S/C39H35N3O2/c43-37-35-23-13-14-24-36(35)38(44)42(37)29-34-28-41(26-25-40(34)27-30-15-5-1-6-16-30)39(31-17-7-2-8-18-31,32-19-9-3-10-20-32)33-21-11-4-12-22-33/h1-24,34H,25-29H2. The van der Waals surface area contributed by atoms with Crippen molar-refractivity contribution in [3.05, 3.63) is 179 Å². The van der Waals surface area contributed by atoms with Crippen molar-refractivity contribution in [1.29, 1.82) is 0 Å². The molecule has 44 heavy (non-hydrogen) atoms. The molecule has 218 valence electrons. The number of rotatable bonds is 8. The van der Waals surface area contributed by atoms with Gasteiger partial charge in [0.05, 0.1) is 16.7 Å². The van der Waals surface area contributed by atoms with Crippen LogP contribution in [0.5, 0.6) is 0 Å². The van der Waals surface area contributed by atoms with Crippen LogP contribution in [0.3, 0.4) is 0 Å². The summed E-state index contributed by atoms with van der Waals surface area (Å²) in [6, 6.07) is 49.7. The average molecular weight is 578 g/mol. The lowest BCUT2D eigenvalue weighted by Gasteiger charge is -2.52. The van der Waals surface area contributed by atoms with Gasteiger partial charge in [0.25, 0.3) is 11.8 Å². The summed E-state index contributed by atoms with van der Waals surface area (Å²) in [7, 11) is 0. The van der Waals surface area contributed by atoms with Gasteiger partial charge >= 0.3 is 0 Å². The molecular formula is C39H35N3O2. The van der Waals surface area contributed by atoms with E-state index in [9.17, 15) is 9.59 Å². The number of hydrogen-bond donors (Lipinski definition) is 0. The minimum Gasteiger partial charge on any atom is -0.292 e. The fraction of sp³-hybridized carbons (Fsp3) is 0.179. The molecule has 1 unspecified atom stereocenters. The molecule has 1 fully saturated rings. The molecule has 2 aliphatic heterocycles. The largest absolute Gasteiger partial charge is 0.292 e. The van der Waals surface area contributed by atoms with Gasteiger partial charge in [0.1, 0.15) is 0 Å². The number of fused-ring (bicyclic) bond motifs is 1. The number of carbonyl (C=O) groups is 2. The van der Waals surface area contributed by atoms with E-state index in [0.29, 0.717) is 24.2 Å². The average Bonchev–Trinajstić information content (AvgIpc) is 3.33. The Morgan fingerprint density at radius 3 is 1.45 bits per heavy atom. The Morgan fingerprint density at radius 2 is 0.977 bits per heavy atom. The second-order valence-electron chi connectivity index (χ2n) is 11.6. The van der Waals surface area contributed by atoms with E-state index < -0.39 is 5.54 Å². The highest BCUT2D eigenvalue weighted by molar-refractivity contribution is 6.21. The molecule has 0 spiro atoms. The normalized spacial score (nSPS) is 17.5. The van der Waals surface area contributed by atoms with Gasteiger partial charge in [-0.15, -0.1) is 0 Å². The topological polar surface area (TPSA) is 43.9 Å². The van der Waals surface area contributed by atoms with Gasteiger partial charge in [-0.2, -0.15) is 0 Å². The van der Waals surface area contributed by atoms with E-state index in [4.69, 9.17) is 0 Å². The van der Waals surface area contributed by atoms with Crippen LogP contribution in [0.25, 0.3) is 0 Å². The van der Waals surface area contributed by atoms with E-state index in [-0.39, 0.29) is 17.9 Å². The third kappa shape index (κ3) is 4.94. The van der Waals surface area contributed by atoms with Crippen LogP contribution in [0.4, 0.5) is 0 Å². The molecule has 5 aromatic carbocycles. The molecule has 0 radical (unpaired) electrons. The first-order valence-corrected chi connectivity index (χ1v) is 15.3. The van der Waals surface area contributed by atoms with Crippen LogP contribution in [0.15, 0.2) is 146 Å². The predicted octanol–water partition coefficient (Wildman–Crippen LogP) is 6.46. The summed E-state index contributed by atoms with van der Waals surface area (Å²) in [5, 5.41) is 0. The second kappa shape index (κ2) is 12.0. The van der Waals surface area contributed by atoms with E-state index >= 15 is 0 Å². The first kappa shape index (κ1) is 28.0. The number of amides is 2. The van der Waals surface area contributed by atoms with Crippen molar-refractivity contribution in [2.24, 2.45) is 0 Å². The summed E-state index contributed by atoms with van der Waals surface area (Å²) in [4.78, 5) is 33.6. The van der Waals surface area contributed by atoms with E-state index in [2.05, 4.69) is 125 Å². The van der Waals surface area contributed by atoms with Crippen molar-refractivity contribution < 1.29 is 9.59 Å². The predicted molar refractivity (Wildman–Crippen MR) is 173 cm³/mol. The number of carbonyl (C=O) groups excluding carboxylic acids is 2. The molecule has 5 nitrogen and oxygen atoms in total. The second-order valence-corrected chi connectivity index (χ2v) is 11.6. The summed E-state index contributed by atoms with van der Waals surface area (Å²) in [5.41, 5.74) is 5.20. The molecule has 5 heteroatoms. The molecule has 7 rings (SSSR count). The molecule has 2 aliphatic rings. The third-order valence-corrected chi connectivity index (χ3v) is 9.15. The summed E-state index contributed by atoms with van der Waals surface area (Å²) >= 11 is 0. The van der Waals surface area contributed by atoms with Crippen molar-refractivity contribution in [2.45, 2.75) is 18.1 Å². The van der Waals surface area contributed by atoms with E-state index in [0.717, 1.165) is 19.6 Å². The number of benzene rings is 5. The Bertz CT molecular complexity index is 1610. The van der Waals surface area contributed by atoms with E-state index in [1.807, 2.05) is 18.2 Å². The minimum atomic E-state index is -0.567. The fourth-order valence-electron chi connectivity index (χ4n) is 7.10. The zero-order valence-corrected chi connectivity index (χ0v) is 24.6.